The van der Waals surface area contributed by atoms with Crippen molar-refractivity contribution < 1.29 is 14.7 Å². The summed E-state index contributed by atoms with van der Waals surface area (Å²) in [4.78, 5) is 22.2. The molecule has 1 aliphatic carbocycles. The predicted molar refractivity (Wildman–Crippen MR) is 61.0 cm³/mol. The highest BCUT2D eigenvalue weighted by Gasteiger charge is 2.26. The summed E-state index contributed by atoms with van der Waals surface area (Å²) in [5.74, 6) is -0.235. The molecule has 0 saturated heterocycles. The quantitative estimate of drug-likeness (QED) is 0.727. The fourth-order valence-corrected chi connectivity index (χ4v) is 1.92. The van der Waals surface area contributed by atoms with E-state index < -0.39 is 11.4 Å². The van der Waals surface area contributed by atoms with E-state index in [0.717, 1.165) is 6.54 Å². The highest BCUT2D eigenvalue weighted by Crippen LogP contribution is 2.26. The number of amides is 1. The highest BCUT2D eigenvalue weighted by atomic mass is 16.4. The van der Waals surface area contributed by atoms with Crippen molar-refractivity contribution >= 4 is 11.9 Å². The van der Waals surface area contributed by atoms with Crippen molar-refractivity contribution in [1.29, 1.82) is 0 Å². The molecule has 0 aromatic heterocycles. The van der Waals surface area contributed by atoms with Crippen LogP contribution >= 0.6 is 0 Å². The lowest BCUT2D eigenvalue weighted by molar-refractivity contribution is -0.139. The van der Waals surface area contributed by atoms with Crippen LogP contribution in [0.3, 0.4) is 0 Å². The number of hydrogen-bond donors (Lipinski definition) is 2. The van der Waals surface area contributed by atoms with Gasteiger partial charge >= 0.3 is 5.97 Å². The van der Waals surface area contributed by atoms with Gasteiger partial charge in [0.2, 0.25) is 5.91 Å². The second kappa shape index (κ2) is 5.32. The molecule has 4 nitrogen and oxygen atoms in total. The Labute approximate surface area is 96.4 Å². The first-order valence-electron chi connectivity index (χ1n) is 5.87. The number of carboxylic acid groups (broad SMARTS) is 1. The van der Waals surface area contributed by atoms with Gasteiger partial charge in [0.1, 0.15) is 0 Å². The van der Waals surface area contributed by atoms with Crippen molar-refractivity contribution in [3.63, 3.8) is 0 Å². The van der Waals surface area contributed by atoms with Crippen LogP contribution < -0.4 is 5.32 Å². The summed E-state index contributed by atoms with van der Waals surface area (Å²) in [6.45, 7) is 4.37. The first-order valence-corrected chi connectivity index (χ1v) is 5.87. The molecule has 0 heterocycles. The third-order valence-corrected chi connectivity index (χ3v) is 3.08. The number of rotatable bonds is 6. The van der Waals surface area contributed by atoms with E-state index in [-0.39, 0.29) is 18.7 Å². The number of hydrogen-bond acceptors (Lipinski definition) is 2. The van der Waals surface area contributed by atoms with Crippen molar-refractivity contribution in [2.75, 3.05) is 6.54 Å². The first kappa shape index (κ1) is 13.0. The Kier molecular flexibility index (Phi) is 4.33. The van der Waals surface area contributed by atoms with Crippen LogP contribution in [-0.4, -0.2) is 23.5 Å². The Morgan fingerprint density at radius 1 is 1.31 bits per heavy atom. The number of nitrogens with one attached hydrogen (secondary N) is 1. The van der Waals surface area contributed by atoms with Crippen LogP contribution in [0.5, 0.6) is 0 Å². The van der Waals surface area contributed by atoms with Crippen LogP contribution in [0, 0.1) is 11.3 Å². The lowest BCUT2D eigenvalue weighted by Crippen LogP contribution is -2.35. The highest BCUT2D eigenvalue weighted by molar-refractivity contribution is 5.77. The third kappa shape index (κ3) is 4.64. The summed E-state index contributed by atoms with van der Waals surface area (Å²) < 4.78 is 0. The maximum Gasteiger partial charge on any atom is 0.303 e. The van der Waals surface area contributed by atoms with Crippen molar-refractivity contribution in [2.45, 2.75) is 46.0 Å². The first-order chi connectivity index (χ1) is 7.39. The minimum Gasteiger partial charge on any atom is -0.481 e. The Morgan fingerprint density at radius 2 is 1.94 bits per heavy atom. The van der Waals surface area contributed by atoms with E-state index in [2.05, 4.69) is 5.32 Å². The maximum atomic E-state index is 11.6. The zero-order valence-electron chi connectivity index (χ0n) is 10.1. The molecular weight excluding hydrogens is 206 g/mol. The van der Waals surface area contributed by atoms with Crippen LogP contribution in [0.1, 0.15) is 46.0 Å². The van der Waals surface area contributed by atoms with Crippen molar-refractivity contribution in [1.82, 2.24) is 5.32 Å². The fraction of sp³-hybridized carbons (Fsp3) is 0.833. The Bertz CT molecular complexity index is 269. The summed E-state index contributed by atoms with van der Waals surface area (Å²) >= 11 is 0. The van der Waals surface area contributed by atoms with Gasteiger partial charge in [0.15, 0.2) is 0 Å². The summed E-state index contributed by atoms with van der Waals surface area (Å²) in [7, 11) is 0. The molecule has 0 aliphatic heterocycles. The van der Waals surface area contributed by atoms with E-state index in [1.54, 1.807) is 0 Å². The third-order valence-electron chi connectivity index (χ3n) is 3.08. The van der Waals surface area contributed by atoms with Crippen LogP contribution in [0.2, 0.25) is 0 Å². The Balaban J connectivity index is 2.23. The molecule has 0 atom stereocenters. The molecule has 2 N–H and O–H groups in total. The second-order valence-electron chi connectivity index (χ2n) is 5.51. The van der Waals surface area contributed by atoms with E-state index in [1.807, 2.05) is 13.8 Å². The maximum absolute atomic E-state index is 11.6. The average molecular weight is 227 g/mol. The van der Waals surface area contributed by atoms with Gasteiger partial charge in [0.05, 0.1) is 6.42 Å². The van der Waals surface area contributed by atoms with Crippen LogP contribution in [0.25, 0.3) is 0 Å². The van der Waals surface area contributed by atoms with Crippen LogP contribution in [0.4, 0.5) is 0 Å². The van der Waals surface area contributed by atoms with E-state index >= 15 is 0 Å². The molecule has 1 aliphatic rings. The van der Waals surface area contributed by atoms with Gasteiger partial charge in [-0.1, -0.05) is 20.3 Å². The van der Waals surface area contributed by atoms with Crippen LogP contribution in [-0.2, 0) is 9.59 Å². The molecule has 1 saturated carbocycles. The Morgan fingerprint density at radius 3 is 2.38 bits per heavy atom. The Hall–Kier alpha value is -1.06. The smallest absolute Gasteiger partial charge is 0.303 e. The van der Waals surface area contributed by atoms with Crippen molar-refractivity contribution in [3.05, 3.63) is 0 Å². The standard InChI is InChI=1S/C12H21NO3/c1-12(2,7-11(15)16)6-10(14)13-8-9-4-3-5-9/h9H,3-8H2,1-2H3,(H,13,14)(H,15,16). The van der Waals surface area contributed by atoms with Crippen molar-refractivity contribution in [2.24, 2.45) is 11.3 Å². The average Bonchev–Trinajstić information content (AvgIpc) is 1.96. The summed E-state index contributed by atoms with van der Waals surface area (Å²) in [6.07, 6.45) is 4.00. The molecular formula is C12H21NO3. The molecule has 0 radical (unpaired) electrons. The van der Waals surface area contributed by atoms with E-state index in [9.17, 15) is 9.59 Å². The molecule has 0 aromatic rings. The largest absolute Gasteiger partial charge is 0.481 e. The van der Waals surface area contributed by atoms with Gasteiger partial charge < -0.3 is 10.4 Å². The monoisotopic (exact) mass is 227 g/mol. The van der Waals surface area contributed by atoms with Gasteiger partial charge in [0.25, 0.3) is 0 Å². The molecule has 1 rings (SSSR count). The lowest BCUT2D eigenvalue weighted by atomic mass is 9.84. The van der Waals surface area contributed by atoms with Gasteiger partial charge in [-0.25, -0.2) is 0 Å². The van der Waals surface area contributed by atoms with E-state index in [0.29, 0.717) is 5.92 Å². The number of carbonyl (C=O) groups excluding carboxylic acids is 1. The van der Waals surface area contributed by atoms with Gasteiger partial charge in [0, 0.05) is 13.0 Å². The van der Waals surface area contributed by atoms with Gasteiger partial charge in [-0.2, -0.15) is 0 Å². The summed E-state index contributed by atoms with van der Waals surface area (Å²) in [6, 6.07) is 0. The zero-order chi connectivity index (χ0) is 12.2. The van der Waals surface area contributed by atoms with Crippen molar-refractivity contribution in [3.8, 4) is 0 Å². The molecule has 0 spiro atoms. The minimum absolute atomic E-state index is 0.0295. The second-order valence-corrected chi connectivity index (χ2v) is 5.51. The number of aliphatic carboxylic acids is 1. The lowest BCUT2D eigenvalue weighted by Gasteiger charge is -2.27. The molecule has 0 bridgehead atoms. The topological polar surface area (TPSA) is 66.4 Å². The number of carboxylic acids is 1. The van der Waals surface area contributed by atoms with Gasteiger partial charge in [-0.3, -0.25) is 9.59 Å². The zero-order valence-corrected chi connectivity index (χ0v) is 10.1. The van der Waals surface area contributed by atoms with Gasteiger partial charge in [-0.05, 0) is 24.2 Å². The summed E-state index contributed by atoms with van der Waals surface area (Å²) in [5.41, 5.74) is -0.463. The summed E-state index contributed by atoms with van der Waals surface area (Å²) in [5, 5.41) is 11.6. The molecule has 16 heavy (non-hydrogen) atoms. The molecule has 0 aromatic carbocycles. The number of carbonyl (C=O) groups is 2. The van der Waals surface area contributed by atoms with E-state index in [4.69, 9.17) is 5.11 Å². The van der Waals surface area contributed by atoms with Crippen LogP contribution in [0.15, 0.2) is 0 Å². The molecule has 92 valence electrons. The normalized spacial score (nSPS) is 16.6. The predicted octanol–water partition coefficient (Wildman–Crippen LogP) is 1.79. The fourth-order valence-electron chi connectivity index (χ4n) is 1.92. The molecule has 1 fully saturated rings. The van der Waals surface area contributed by atoms with E-state index in [1.165, 1.54) is 19.3 Å². The molecule has 4 heteroatoms. The molecule has 1 amide bonds. The SMILES string of the molecule is CC(C)(CC(=O)O)CC(=O)NCC1CCC1. The molecule has 0 unspecified atom stereocenters. The van der Waals surface area contributed by atoms with Gasteiger partial charge in [-0.15, -0.1) is 0 Å². The minimum atomic E-state index is -0.850.